The van der Waals surface area contributed by atoms with Gasteiger partial charge in [0.05, 0.1) is 5.92 Å². The van der Waals surface area contributed by atoms with E-state index < -0.39 is 0 Å². The molecule has 27 heavy (non-hydrogen) atoms. The number of hydrogen-bond donors (Lipinski definition) is 0. The second-order valence-electron chi connectivity index (χ2n) is 7.57. The molecule has 0 spiro atoms. The molecule has 2 aliphatic heterocycles. The third kappa shape index (κ3) is 5.06. The maximum atomic E-state index is 13.9. The molecule has 2 fully saturated rings. The highest BCUT2D eigenvalue weighted by molar-refractivity contribution is 5.84. The van der Waals surface area contributed by atoms with Gasteiger partial charge in [0.15, 0.2) is 0 Å². The Morgan fingerprint density at radius 3 is 2.70 bits per heavy atom. The first-order valence-corrected chi connectivity index (χ1v) is 10.1. The van der Waals surface area contributed by atoms with Crippen LogP contribution in [0.25, 0.3) is 0 Å². The average molecular weight is 375 g/mol. The molecule has 2 heterocycles. The monoisotopic (exact) mass is 375 g/mol. The summed E-state index contributed by atoms with van der Waals surface area (Å²) in [5.41, 5.74) is 0.500. The lowest BCUT2D eigenvalue weighted by molar-refractivity contribution is -0.143. The van der Waals surface area contributed by atoms with Gasteiger partial charge < -0.3 is 14.7 Å². The minimum absolute atomic E-state index is 0.00224. The molecule has 5 nitrogen and oxygen atoms in total. The molecule has 0 N–H and O–H groups in total. The van der Waals surface area contributed by atoms with Crippen molar-refractivity contribution in [2.75, 3.05) is 39.3 Å². The molecule has 0 aromatic heterocycles. The molecule has 1 aromatic rings. The fourth-order valence-corrected chi connectivity index (χ4v) is 4.05. The number of rotatable bonds is 7. The van der Waals surface area contributed by atoms with Crippen LogP contribution in [0.15, 0.2) is 24.3 Å². The van der Waals surface area contributed by atoms with E-state index in [0.717, 1.165) is 26.2 Å². The Morgan fingerprint density at radius 2 is 2.00 bits per heavy atom. The quantitative estimate of drug-likeness (QED) is 0.736. The van der Waals surface area contributed by atoms with Gasteiger partial charge in [-0.05, 0) is 45.3 Å². The SMILES string of the molecule is CCN(CCN1CCCC1)C(=O)C1CCC(=O)N(Cc2ccccc2F)C1. The summed E-state index contributed by atoms with van der Waals surface area (Å²) in [5, 5.41) is 0. The summed E-state index contributed by atoms with van der Waals surface area (Å²) < 4.78 is 13.9. The smallest absolute Gasteiger partial charge is 0.227 e. The van der Waals surface area contributed by atoms with Crippen molar-refractivity contribution in [3.63, 3.8) is 0 Å². The van der Waals surface area contributed by atoms with Gasteiger partial charge in [-0.3, -0.25) is 9.59 Å². The van der Waals surface area contributed by atoms with Gasteiger partial charge in [0, 0.05) is 44.7 Å². The summed E-state index contributed by atoms with van der Waals surface area (Å²) in [4.78, 5) is 31.3. The van der Waals surface area contributed by atoms with E-state index in [-0.39, 0.29) is 30.1 Å². The fraction of sp³-hybridized carbons (Fsp3) is 0.619. The average Bonchev–Trinajstić information content (AvgIpc) is 3.19. The van der Waals surface area contributed by atoms with Crippen LogP contribution in [0.5, 0.6) is 0 Å². The second kappa shape index (κ2) is 9.31. The Hall–Kier alpha value is -1.95. The minimum atomic E-state index is -0.306. The molecule has 6 heteroatoms. The molecule has 1 aromatic carbocycles. The summed E-state index contributed by atoms with van der Waals surface area (Å²) in [6, 6.07) is 6.52. The molecule has 1 unspecified atom stereocenters. The highest BCUT2D eigenvalue weighted by atomic mass is 19.1. The Labute approximate surface area is 161 Å². The number of halogens is 1. The van der Waals surface area contributed by atoms with Gasteiger partial charge in [-0.1, -0.05) is 18.2 Å². The van der Waals surface area contributed by atoms with Crippen LogP contribution in [-0.2, 0) is 16.1 Å². The van der Waals surface area contributed by atoms with Crippen LogP contribution < -0.4 is 0 Å². The molecule has 0 aliphatic carbocycles. The Kier molecular flexibility index (Phi) is 6.83. The number of amides is 2. The molecule has 1 atom stereocenters. The Bertz CT molecular complexity index is 661. The summed E-state index contributed by atoms with van der Waals surface area (Å²) >= 11 is 0. The van der Waals surface area contributed by atoms with Crippen molar-refractivity contribution in [1.82, 2.24) is 14.7 Å². The second-order valence-corrected chi connectivity index (χ2v) is 7.57. The molecule has 0 bridgehead atoms. The van der Waals surface area contributed by atoms with Gasteiger partial charge in [-0.25, -0.2) is 4.39 Å². The zero-order chi connectivity index (χ0) is 19.2. The van der Waals surface area contributed by atoms with E-state index in [1.807, 2.05) is 11.8 Å². The first-order valence-electron chi connectivity index (χ1n) is 10.1. The molecule has 2 aliphatic rings. The number of carbonyl (C=O) groups excluding carboxylic acids is 2. The molecule has 0 radical (unpaired) electrons. The number of piperidine rings is 1. The van der Waals surface area contributed by atoms with Crippen LogP contribution in [0.1, 0.15) is 38.2 Å². The standard InChI is InChI=1S/C21H30FN3O2/c1-2-24(14-13-23-11-5-6-12-23)21(27)18-9-10-20(26)25(16-18)15-17-7-3-4-8-19(17)22/h3-4,7-8,18H,2,5-6,9-16H2,1H3. The van der Waals surface area contributed by atoms with Crippen LogP contribution in [0.2, 0.25) is 0 Å². The molecule has 148 valence electrons. The molecule has 3 rings (SSSR count). The Morgan fingerprint density at radius 1 is 1.26 bits per heavy atom. The first kappa shape index (κ1) is 19.8. The van der Waals surface area contributed by atoms with Crippen LogP contribution >= 0.6 is 0 Å². The number of nitrogens with zero attached hydrogens (tertiary/aromatic N) is 3. The molecule has 0 saturated carbocycles. The number of benzene rings is 1. The van der Waals surface area contributed by atoms with Crippen LogP contribution in [0.4, 0.5) is 4.39 Å². The lowest BCUT2D eigenvalue weighted by Gasteiger charge is -2.35. The van der Waals surface area contributed by atoms with E-state index in [4.69, 9.17) is 0 Å². The fourth-order valence-electron chi connectivity index (χ4n) is 4.05. The molecule has 2 amide bonds. The van der Waals surface area contributed by atoms with Crippen LogP contribution in [0, 0.1) is 11.7 Å². The van der Waals surface area contributed by atoms with Crippen molar-refractivity contribution >= 4 is 11.8 Å². The maximum absolute atomic E-state index is 13.9. The highest BCUT2D eigenvalue weighted by Gasteiger charge is 2.32. The van der Waals surface area contributed by atoms with Crippen molar-refractivity contribution in [1.29, 1.82) is 0 Å². The number of carbonyl (C=O) groups is 2. The summed E-state index contributed by atoms with van der Waals surface area (Å²) in [6.45, 7) is 7.22. The van der Waals surface area contributed by atoms with Gasteiger partial charge >= 0.3 is 0 Å². The normalized spacial score (nSPS) is 20.9. The van der Waals surface area contributed by atoms with Crippen molar-refractivity contribution in [3.8, 4) is 0 Å². The van der Waals surface area contributed by atoms with Gasteiger partial charge in [0.2, 0.25) is 11.8 Å². The lowest BCUT2D eigenvalue weighted by atomic mass is 9.95. The predicted molar refractivity (Wildman–Crippen MR) is 102 cm³/mol. The van der Waals surface area contributed by atoms with Crippen LogP contribution in [-0.4, -0.2) is 65.8 Å². The van der Waals surface area contributed by atoms with Crippen molar-refractivity contribution in [2.24, 2.45) is 5.92 Å². The number of hydrogen-bond acceptors (Lipinski definition) is 3. The van der Waals surface area contributed by atoms with Gasteiger partial charge in [-0.2, -0.15) is 0 Å². The third-order valence-corrected chi connectivity index (χ3v) is 5.75. The zero-order valence-electron chi connectivity index (χ0n) is 16.2. The zero-order valence-corrected chi connectivity index (χ0v) is 16.2. The topological polar surface area (TPSA) is 43.9 Å². The van der Waals surface area contributed by atoms with E-state index in [0.29, 0.717) is 31.5 Å². The number of likely N-dealkylation sites (N-methyl/N-ethyl adjacent to an activating group) is 1. The van der Waals surface area contributed by atoms with E-state index >= 15 is 0 Å². The highest BCUT2D eigenvalue weighted by Crippen LogP contribution is 2.22. The van der Waals surface area contributed by atoms with Crippen molar-refractivity contribution in [3.05, 3.63) is 35.6 Å². The van der Waals surface area contributed by atoms with E-state index in [1.54, 1.807) is 23.1 Å². The van der Waals surface area contributed by atoms with E-state index in [2.05, 4.69) is 4.90 Å². The lowest BCUT2D eigenvalue weighted by Crippen LogP contribution is -2.48. The van der Waals surface area contributed by atoms with Crippen molar-refractivity contribution < 1.29 is 14.0 Å². The third-order valence-electron chi connectivity index (χ3n) is 5.75. The minimum Gasteiger partial charge on any atom is -0.341 e. The molecular weight excluding hydrogens is 345 g/mol. The maximum Gasteiger partial charge on any atom is 0.227 e. The summed E-state index contributed by atoms with van der Waals surface area (Å²) in [6.07, 6.45) is 3.44. The van der Waals surface area contributed by atoms with E-state index in [9.17, 15) is 14.0 Å². The van der Waals surface area contributed by atoms with Gasteiger partial charge in [0.25, 0.3) is 0 Å². The van der Waals surface area contributed by atoms with Gasteiger partial charge in [-0.15, -0.1) is 0 Å². The summed E-state index contributed by atoms with van der Waals surface area (Å²) in [5.74, 6) is -0.363. The summed E-state index contributed by atoms with van der Waals surface area (Å²) in [7, 11) is 0. The number of likely N-dealkylation sites (tertiary alicyclic amines) is 2. The largest absolute Gasteiger partial charge is 0.341 e. The van der Waals surface area contributed by atoms with Crippen molar-refractivity contribution in [2.45, 2.75) is 39.2 Å². The van der Waals surface area contributed by atoms with Gasteiger partial charge in [0.1, 0.15) is 5.82 Å². The molecular formula is C21H30FN3O2. The van der Waals surface area contributed by atoms with Crippen LogP contribution in [0.3, 0.4) is 0 Å². The molecule has 2 saturated heterocycles. The predicted octanol–water partition coefficient (Wildman–Crippen LogP) is 2.51. The Balaban J connectivity index is 1.58. The van der Waals surface area contributed by atoms with E-state index in [1.165, 1.54) is 18.9 Å². The first-order chi connectivity index (χ1) is 13.1.